The summed E-state index contributed by atoms with van der Waals surface area (Å²) in [6, 6.07) is 11.5. The SMILES string of the molecule is CC1Cc2ccccc2N1S(=O)(=O)c1ccc2c(c1)c(=O)n(C)c(=O)n2C. The van der Waals surface area contributed by atoms with E-state index in [1.54, 1.807) is 13.1 Å². The number of aromatic nitrogens is 2. The van der Waals surface area contributed by atoms with Gasteiger partial charge in [-0.05, 0) is 43.2 Å². The van der Waals surface area contributed by atoms with Crippen molar-refractivity contribution in [3.8, 4) is 0 Å². The molecule has 7 nitrogen and oxygen atoms in total. The van der Waals surface area contributed by atoms with Gasteiger partial charge in [-0.3, -0.25) is 18.2 Å². The molecule has 0 bridgehead atoms. The number of para-hydroxylation sites is 1. The molecule has 0 saturated carbocycles. The summed E-state index contributed by atoms with van der Waals surface area (Å²) in [6.07, 6.45) is 0.638. The Bertz CT molecular complexity index is 1300. The second-order valence-corrected chi connectivity index (χ2v) is 8.68. The zero-order valence-electron chi connectivity index (χ0n) is 15.2. The highest BCUT2D eigenvalue weighted by molar-refractivity contribution is 7.92. The molecule has 0 aliphatic carbocycles. The zero-order chi connectivity index (χ0) is 19.5. The van der Waals surface area contributed by atoms with Gasteiger partial charge in [-0.25, -0.2) is 13.2 Å². The Hall–Kier alpha value is -2.87. The molecule has 1 aliphatic rings. The lowest BCUT2D eigenvalue weighted by Gasteiger charge is -2.24. The molecule has 1 atom stereocenters. The van der Waals surface area contributed by atoms with Crippen LogP contribution >= 0.6 is 0 Å². The monoisotopic (exact) mass is 385 g/mol. The Morgan fingerprint density at radius 2 is 1.70 bits per heavy atom. The third-order valence-electron chi connectivity index (χ3n) is 5.14. The van der Waals surface area contributed by atoms with Crippen molar-refractivity contribution in [2.45, 2.75) is 24.3 Å². The molecule has 1 aliphatic heterocycles. The van der Waals surface area contributed by atoms with Crippen molar-refractivity contribution in [1.29, 1.82) is 0 Å². The first-order chi connectivity index (χ1) is 12.7. The topological polar surface area (TPSA) is 81.4 Å². The van der Waals surface area contributed by atoms with Gasteiger partial charge in [0.1, 0.15) is 0 Å². The number of rotatable bonds is 2. The molecule has 1 unspecified atom stereocenters. The molecule has 0 amide bonds. The average molecular weight is 385 g/mol. The van der Waals surface area contributed by atoms with E-state index in [2.05, 4.69) is 0 Å². The highest BCUT2D eigenvalue weighted by Gasteiger charge is 2.36. The lowest BCUT2D eigenvalue weighted by molar-refractivity contribution is 0.584. The van der Waals surface area contributed by atoms with Crippen LogP contribution in [-0.2, 0) is 30.5 Å². The number of fused-ring (bicyclic) bond motifs is 2. The molecule has 3 aromatic rings. The van der Waals surface area contributed by atoms with Gasteiger partial charge in [-0.2, -0.15) is 0 Å². The quantitative estimate of drug-likeness (QED) is 0.667. The van der Waals surface area contributed by atoms with E-state index in [4.69, 9.17) is 0 Å². The van der Waals surface area contributed by atoms with Gasteiger partial charge < -0.3 is 0 Å². The van der Waals surface area contributed by atoms with Crippen molar-refractivity contribution in [2.75, 3.05) is 4.31 Å². The van der Waals surface area contributed by atoms with Crippen LogP contribution in [-0.4, -0.2) is 23.6 Å². The number of sulfonamides is 1. The largest absolute Gasteiger partial charge is 0.330 e. The Morgan fingerprint density at radius 1 is 1.00 bits per heavy atom. The smallest absolute Gasteiger partial charge is 0.296 e. The minimum absolute atomic E-state index is 0.0364. The fourth-order valence-electron chi connectivity index (χ4n) is 3.75. The van der Waals surface area contributed by atoms with Gasteiger partial charge in [0, 0.05) is 20.1 Å². The second kappa shape index (κ2) is 5.82. The Balaban J connectivity index is 1.95. The van der Waals surface area contributed by atoms with Gasteiger partial charge in [0.15, 0.2) is 0 Å². The summed E-state index contributed by atoms with van der Waals surface area (Å²) in [5.41, 5.74) is 1.08. The van der Waals surface area contributed by atoms with E-state index in [9.17, 15) is 18.0 Å². The van der Waals surface area contributed by atoms with Crippen molar-refractivity contribution >= 4 is 26.6 Å². The van der Waals surface area contributed by atoms with Gasteiger partial charge in [0.05, 0.1) is 21.5 Å². The van der Waals surface area contributed by atoms with E-state index in [0.717, 1.165) is 10.1 Å². The van der Waals surface area contributed by atoms with Gasteiger partial charge in [0.2, 0.25) is 0 Å². The molecule has 27 heavy (non-hydrogen) atoms. The number of benzene rings is 2. The van der Waals surface area contributed by atoms with E-state index in [1.165, 1.54) is 34.1 Å². The number of hydrogen-bond donors (Lipinski definition) is 0. The average Bonchev–Trinajstić information content (AvgIpc) is 3.00. The highest BCUT2D eigenvalue weighted by Crippen LogP contribution is 2.36. The minimum Gasteiger partial charge on any atom is -0.296 e. The fourth-order valence-corrected chi connectivity index (χ4v) is 5.47. The van der Waals surface area contributed by atoms with E-state index in [-0.39, 0.29) is 16.3 Å². The van der Waals surface area contributed by atoms with E-state index >= 15 is 0 Å². The van der Waals surface area contributed by atoms with Crippen LogP contribution in [0, 0.1) is 0 Å². The second-order valence-electron chi connectivity index (χ2n) is 6.87. The van der Waals surface area contributed by atoms with Crippen molar-refractivity contribution in [1.82, 2.24) is 9.13 Å². The molecule has 0 spiro atoms. The molecule has 140 valence electrons. The molecule has 0 fully saturated rings. The molecule has 2 heterocycles. The molecule has 0 radical (unpaired) electrons. The number of hydrogen-bond acceptors (Lipinski definition) is 4. The summed E-state index contributed by atoms with van der Waals surface area (Å²) in [5, 5.41) is 0.195. The maximum atomic E-state index is 13.3. The van der Waals surface area contributed by atoms with Crippen LogP contribution in [0.5, 0.6) is 0 Å². The molecular formula is C19H19N3O4S. The number of nitrogens with zero attached hydrogens (tertiary/aromatic N) is 3. The third kappa shape index (κ3) is 2.43. The number of anilines is 1. The summed E-state index contributed by atoms with van der Waals surface area (Å²) < 4.78 is 30.4. The molecule has 1 aromatic heterocycles. The van der Waals surface area contributed by atoms with Crippen LogP contribution in [0.25, 0.3) is 10.9 Å². The van der Waals surface area contributed by atoms with Crippen molar-refractivity contribution in [3.63, 3.8) is 0 Å². The summed E-state index contributed by atoms with van der Waals surface area (Å²) in [4.78, 5) is 24.6. The molecular weight excluding hydrogens is 366 g/mol. The van der Waals surface area contributed by atoms with Crippen molar-refractivity contribution in [3.05, 3.63) is 68.9 Å². The molecule has 0 saturated heterocycles. The van der Waals surface area contributed by atoms with Crippen molar-refractivity contribution in [2.24, 2.45) is 14.1 Å². The molecule has 0 N–H and O–H groups in total. The first-order valence-electron chi connectivity index (χ1n) is 8.55. The van der Waals surface area contributed by atoms with Crippen LogP contribution in [0.1, 0.15) is 12.5 Å². The summed E-state index contributed by atoms with van der Waals surface area (Å²) in [6.45, 7) is 1.86. The van der Waals surface area contributed by atoms with Crippen LogP contribution in [0.2, 0.25) is 0 Å². The fraction of sp³-hybridized carbons (Fsp3) is 0.263. The van der Waals surface area contributed by atoms with Gasteiger partial charge in [-0.1, -0.05) is 18.2 Å². The van der Waals surface area contributed by atoms with E-state index < -0.39 is 21.3 Å². The third-order valence-corrected chi connectivity index (χ3v) is 7.06. The van der Waals surface area contributed by atoms with Crippen molar-refractivity contribution < 1.29 is 8.42 Å². The lowest BCUT2D eigenvalue weighted by atomic mass is 10.1. The highest BCUT2D eigenvalue weighted by atomic mass is 32.2. The zero-order valence-corrected chi connectivity index (χ0v) is 16.0. The van der Waals surface area contributed by atoms with Crippen LogP contribution in [0.4, 0.5) is 5.69 Å². The Kier molecular flexibility index (Phi) is 3.78. The van der Waals surface area contributed by atoms with Crippen LogP contribution < -0.4 is 15.6 Å². The van der Waals surface area contributed by atoms with E-state index in [0.29, 0.717) is 17.6 Å². The number of aryl methyl sites for hydroxylation is 1. The first kappa shape index (κ1) is 17.5. The predicted octanol–water partition coefficient (Wildman–Crippen LogP) is 1.38. The van der Waals surface area contributed by atoms with Gasteiger partial charge in [0.25, 0.3) is 15.6 Å². The standard InChI is InChI=1S/C19H19N3O4S/c1-12-10-13-6-4-5-7-16(13)22(12)27(25,26)14-8-9-17-15(11-14)18(23)21(3)19(24)20(17)2/h4-9,11-12H,10H2,1-3H3. The maximum Gasteiger partial charge on any atom is 0.330 e. The van der Waals surface area contributed by atoms with Crippen LogP contribution in [0.15, 0.2) is 56.9 Å². The van der Waals surface area contributed by atoms with Gasteiger partial charge in [-0.15, -0.1) is 0 Å². The summed E-state index contributed by atoms with van der Waals surface area (Å²) in [7, 11) is -0.916. The molecule has 4 rings (SSSR count). The predicted molar refractivity (Wildman–Crippen MR) is 104 cm³/mol. The van der Waals surface area contributed by atoms with Crippen LogP contribution in [0.3, 0.4) is 0 Å². The minimum atomic E-state index is -3.85. The van der Waals surface area contributed by atoms with Gasteiger partial charge >= 0.3 is 5.69 Å². The molecule has 2 aromatic carbocycles. The molecule has 8 heteroatoms. The van der Waals surface area contributed by atoms with E-state index in [1.807, 2.05) is 25.1 Å². The summed E-state index contributed by atoms with van der Waals surface area (Å²) in [5.74, 6) is 0. The normalized spacial score (nSPS) is 16.7. The summed E-state index contributed by atoms with van der Waals surface area (Å²) >= 11 is 0. The Morgan fingerprint density at radius 3 is 2.44 bits per heavy atom. The first-order valence-corrected chi connectivity index (χ1v) is 9.99. The maximum absolute atomic E-state index is 13.3. The Labute approximate surface area is 156 Å². The lowest BCUT2D eigenvalue weighted by Crippen LogP contribution is -2.38.